The molecule has 1 heterocycles. The van der Waals surface area contributed by atoms with E-state index in [-0.39, 0.29) is 24.5 Å². The van der Waals surface area contributed by atoms with E-state index in [4.69, 9.17) is 4.42 Å². The van der Waals surface area contributed by atoms with E-state index in [1.165, 1.54) is 6.26 Å². The Morgan fingerprint density at radius 1 is 1.53 bits per heavy atom. The second kappa shape index (κ2) is 5.36. The van der Waals surface area contributed by atoms with Crippen molar-refractivity contribution in [2.24, 2.45) is 5.92 Å². The second-order valence-electron chi connectivity index (χ2n) is 4.70. The van der Waals surface area contributed by atoms with E-state index in [0.717, 1.165) is 25.7 Å². The summed E-state index contributed by atoms with van der Waals surface area (Å²) in [7, 11) is 0. The molecule has 2 atom stereocenters. The maximum Gasteiger partial charge on any atom is 0.255 e. The molecule has 0 radical (unpaired) electrons. The zero-order valence-electron chi connectivity index (χ0n) is 10.1. The van der Waals surface area contributed by atoms with E-state index in [9.17, 15) is 9.90 Å². The first-order valence-electron chi connectivity index (χ1n) is 6.18. The molecule has 4 nitrogen and oxygen atoms in total. The monoisotopic (exact) mass is 237 g/mol. The maximum absolute atomic E-state index is 12.0. The molecule has 1 fully saturated rings. The number of aliphatic hydroxyl groups is 1. The number of rotatable bonds is 3. The van der Waals surface area contributed by atoms with E-state index in [2.05, 4.69) is 5.32 Å². The summed E-state index contributed by atoms with van der Waals surface area (Å²) >= 11 is 0. The number of aryl methyl sites for hydroxylation is 1. The van der Waals surface area contributed by atoms with Crippen molar-refractivity contribution >= 4 is 5.91 Å². The van der Waals surface area contributed by atoms with Gasteiger partial charge in [-0.1, -0.05) is 12.8 Å². The molecule has 0 bridgehead atoms. The highest BCUT2D eigenvalue weighted by Crippen LogP contribution is 2.24. The predicted molar refractivity (Wildman–Crippen MR) is 63.7 cm³/mol. The molecule has 1 aromatic rings. The molecule has 4 heteroatoms. The van der Waals surface area contributed by atoms with Gasteiger partial charge in [0.05, 0.1) is 11.8 Å². The molecule has 1 saturated carbocycles. The largest absolute Gasteiger partial charge is 0.469 e. The topological polar surface area (TPSA) is 62.5 Å². The molecule has 1 aliphatic carbocycles. The van der Waals surface area contributed by atoms with E-state index < -0.39 is 0 Å². The van der Waals surface area contributed by atoms with Gasteiger partial charge in [-0.15, -0.1) is 0 Å². The Morgan fingerprint density at radius 3 is 2.94 bits per heavy atom. The Balaban J connectivity index is 2.00. The normalized spacial score (nSPS) is 24.6. The van der Waals surface area contributed by atoms with Gasteiger partial charge in [-0.3, -0.25) is 4.79 Å². The second-order valence-corrected chi connectivity index (χ2v) is 4.70. The van der Waals surface area contributed by atoms with Gasteiger partial charge in [0.25, 0.3) is 5.91 Å². The van der Waals surface area contributed by atoms with Gasteiger partial charge in [0, 0.05) is 18.6 Å². The van der Waals surface area contributed by atoms with Gasteiger partial charge in [-0.2, -0.15) is 0 Å². The lowest BCUT2D eigenvalue weighted by molar-refractivity contribution is 0.0871. The van der Waals surface area contributed by atoms with Crippen LogP contribution in [0.15, 0.2) is 16.7 Å². The highest BCUT2D eigenvalue weighted by Gasteiger charge is 2.26. The number of hydrogen-bond acceptors (Lipinski definition) is 3. The Hall–Kier alpha value is -1.29. The van der Waals surface area contributed by atoms with Crippen LogP contribution >= 0.6 is 0 Å². The lowest BCUT2D eigenvalue weighted by atomic mass is 9.85. The third-order valence-electron chi connectivity index (χ3n) is 3.56. The fourth-order valence-electron chi connectivity index (χ4n) is 2.48. The standard InChI is InChI=1S/C13H19NO3/c1-9-11(6-7-17-9)13(16)14-12-5-3-2-4-10(12)8-15/h6-7,10,12,15H,2-5,8H2,1H3,(H,14,16). The minimum absolute atomic E-state index is 0.0931. The van der Waals surface area contributed by atoms with Gasteiger partial charge < -0.3 is 14.8 Å². The van der Waals surface area contributed by atoms with Crippen LogP contribution in [0.4, 0.5) is 0 Å². The lowest BCUT2D eigenvalue weighted by Gasteiger charge is -2.30. The highest BCUT2D eigenvalue weighted by atomic mass is 16.3. The maximum atomic E-state index is 12.0. The Labute approximate surface area is 101 Å². The molecule has 2 rings (SSSR count). The summed E-state index contributed by atoms with van der Waals surface area (Å²) in [4.78, 5) is 12.0. The third-order valence-corrected chi connectivity index (χ3v) is 3.56. The van der Waals surface area contributed by atoms with Crippen LogP contribution in [0.25, 0.3) is 0 Å². The number of furan rings is 1. The van der Waals surface area contributed by atoms with Crippen LogP contribution in [0.2, 0.25) is 0 Å². The van der Waals surface area contributed by atoms with Crippen LogP contribution < -0.4 is 5.32 Å². The zero-order chi connectivity index (χ0) is 12.3. The number of hydrogen-bond donors (Lipinski definition) is 2. The molecule has 94 valence electrons. The molecule has 2 N–H and O–H groups in total. The molecule has 2 unspecified atom stereocenters. The van der Waals surface area contributed by atoms with Crippen molar-refractivity contribution in [2.45, 2.75) is 38.6 Å². The van der Waals surface area contributed by atoms with Crippen LogP contribution in [-0.4, -0.2) is 23.7 Å². The number of carbonyl (C=O) groups excluding carboxylic acids is 1. The van der Waals surface area contributed by atoms with Crippen molar-refractivity contribution in [3.63, 3.8) is 0 Å². The van der Waals surface area contributed by atoms with Gasteiger partial charge in [0.2, 0.25) is 0 Å². The first kappa shape index (κ1) is 12.2. The molecule has 1 aromatic heterocycles. The molecular formula is C13H19NO3. The summed E-state index contributed by atoms with van der Waals surface area (Å²) < 4.78 is 5.12. The minimum Gasteiger partial charge on any atom is -0.469 e. The summed E-state index contributed by atoms with van der Waals surface area (Å²) in [5, 5.41) is 12.3. The number of aliphatic hydroxyl groups excluding tert-OH is 1. The molecule has 0 saturated heterocycles. The van der Waals surface area contributed by atoms with Crippen molar-refractivity contribution < 1.29 is 14.3 Å². The molecular weight excluding hydrogens is 218 g/mol. The van der Waals surface area contributed by atoms with E-state index >= 15 is 0 Å². The van der Waals surface area contributed by atoms with Crippen LogP contribution in [0.5, 0.6) is 0 Å². The third kappa shape index (κ3) is 2.69. The summed E-state index contributed by atoms with van der Waals surface area (Å²) in [5.41, 5.74) is 0.590. The van der Waals surface area contributed by atoms with Gasteiger partial charge >= 0.3 is 0 Å². The van der Waals surface area contributed by atoms with Crippen molar-refractivity contribution in [3.8, 4) is 0 Å². The summed E-state index contributed by atoms with van der Waals surface area (Å²) in [6.07, 6.45) is 5.72. The van der Waals surface area contributed by atoms with Crippen molar-refractivity contribution in [2.75, 3.05) is 6.61 Å². The van der Waals surface area contributed by atoms with Crippen molar-refractivity contribution in [3.05, 3.63) is 23.7 Å². The quantitative estimate of drug-likeness (QED) is 0.843. The fraction of sp³-hybridized carbons (Fsp3) is 0.615. The average molecular weight is 237 g/mol. The molecule has 0 aromatic carbocycles. The zero-order valence-corrected chi connectivity index (χ0v) is 10.1. The smallest absolute Gasteiger partial charge is 0.255 e. The molecule has 0 aliphatic heterocycles. The Morgan fingerprint density at radius 2 is 2.29 bits per heavy atom. The van der Waals surface area contributed by atoms with E-state index in [1.807, 2.05) is 0 Å². The number of nitrogens with one attached hydrogen (secondary N) is 1. The van der Waals surface area contributed by atoms with Gasteiger partial charge in [0.15, 0.2) is 0 Å². The average Bonchev–Trinajstić information content (AvgIpc) is 2.76. The Bertz CT molecular complexity index is 386. The Kier molecular flexibility index (Phi) is 3.84. The van der Waals surface area contributed by atoms with Crippen LogP contribution in [-0.2, 0) is 0 Å². The highest BCUT2D eigenvalue weighted by molar-refractivity contribution is 5.95. The molecule has 1 aliphatic rings. The van der Waals surface area contributed by atoms with Gasteiger partial charge in [-0.25, -0.2) is 0 Å². The molecule has 1 amide bonds. The van der Waals surface area contributed by atoms with Gasteiger partial charge in [0.1, 0.15) is 5.76 Å². The lowest BCUT2D eigenvalue weighted by Crippen LogP contribution is -2.43. The predicted octanol–water partition coefficient (Wildman–Crippen LogP) is 1.87. The van der Waals surface area contributed by atoms with Crippen LogP contribution in [0, 0.1) is 12.8 Å². The van der Waals surface area contributed by atoms with Crippen LogP contribution in [0.3, 0.4) is 0 Å². The summed E-state index contributed by atoms with van der Waals surface area (Å²) in [6.45, 7) is 1.93. The van der Waals surface area contributed by atoms with Gasteiger partial charge in [-0.05, 0) is 25.8 Å². The first-order valence-corrected chi connectivity index (χ1v) is 6.18. The summed E-state index contributed by atoms with van der Waals surface area (Å²) in [5.74, 6) is 0.736. The molecule has 0 spiro atoms. The van der Waals surface area contributed by atoms with Crippen molar-refractivity contribution in [1.82, 2.24) is 5.32 Å². The van der Waals surface area contributed by atoms with E-state index in [0.29, 0.717) is 11.3 Å². The fourth-order valence-corrected chi connectivity index (χ4v) is 2.48. The minimum atomic E-state index is -0.0957. The number of amides is 1. The number of carbonyl (C=O) groups is 1. The van der Waals surface area contributed by atoms with Crippen molar-refractivity contribution in [1.29, 1.82) is 0 Å². The van der Waals surface area contributed by atoms with E-state index in [1.54, 1.807) is 13.0 Å². The summed E-state index contributed by atoms with van der Waals surface area (Å²) in [6, 6.07) is 1.78. The SMILES string of the molecule is Cc1occc1C(=O)NC1CCCCC1CO. The molecule has 17 heavy (non-hydrogen) atoms. The van der Waals surface area contributed by atoms with Crippen LogP contribution in [0.1, 0.15) is 41.8 Å². The first-order chi connectivity index (χ1) is 8.22.